The largest absolute Gasteiger partial charge is 0.317 e. The highest BCUT2D eigenvalue weighted by Crippen LogP contribution is 2.35. The minimum atomic E-state index is 0.831. The van der Waals surface area contributed by atoms with Crippen molar-refractivity contribution in [2.45, 2.75) is 39.5 Å². The molecule has 0 bridgehead atoms. The minimum Gasteiger partial charge on any atom is -0.317 e. The maximum absolute atomic E-state index is 4.29. The normalized spacial score (nSPS) is 28.5. The van der Waals surface area contributed by atoms with E-state index >= 15 is 0 Å². The van der Waals surface area contributed by atoms with Crippen molar-refractivity contribution in [3.8, 4) is 0 Å². The van der Waals surface area contributed by atoms with Crippen molar-refractivity contribution < 1.29 is 0 Å². The molecule has 0 saturated heterocycles. The second-order valence-electron chi connectivity index (χ2n) is 5.97. The molecule has 0 aliphatic heterocycles. The van der Waals surface area contributed by atoms with Crippen LogP contribution in [-0.4, -0.2) is 22.9 Å². The Labute approximate surface area is 111 Å². The summed E-state index contributed by atoms with van der Waals surface area (Å²) in [5.41, 5.74) is 1.40. The van der Waals surface area contributed by atoms with Crippen LogP contribution in [0.5, 0.6) is 0 Å². The summed E-state index contributed by atoms with van der Waals surface area (Å²) in [5.74, 6) is 2.57. The SMILES string of the molecule is CCNCC1CCC(C)CC1Cc1cnn(C)c1. The van der Waals surface area contributed by atoms with Crippen molar-refractivity contribution in [2.24, 2.45) is 24.8 Å². The highest BCUT2D eigenvalue weighted by molar-refractivity contribution is 5.06. The van der Waals surface area contributed by atoms with E-state index in [9.17, 15) is 0 Å². The first kappa shape index (κ1) is 13.6. The van der Waals surface area contributed by atoms with Crippen LogP contribution in [0.1, 0.15) is 38.7 Å². The van der Waals surface area contributed by atoms with Crippen LogP contribution >= 0.6 is 0 Å². The van der Waals surface area contributed by atoms with Gasteiger partial charge in [0.15, 0.2) is 0 Å². The van der Waals surface area contributed by atoms with Crippen LogP contribution in [0, 0.1) is 17.8 Å². The number of nitrogens with one attached hydrogen (secondary N) is 1. The quantitative estimate of drug-likeness (QED) is 0.869. The maximum Gasteiger partial charge on any atom is 0.0521 e. The zero-order valence-electron chi connectivity index (χ0n) is 12.0. The summed E-state index contributed by atoms with van der Waals surface area (Å²) in [7, 11) is 2.00. The smallest absolute Gasteiger partial charge is 0.0521 e. The van der Waals surface area contributed by atoms with Crippen molar-refractivity contribution >= 4 is 0 Å². The Morgan fingerprint density at radius 2 is 2.22 bits per heavy atom. The molecule has 3 nitrogen and oxygen atoms in total. The third-order valence-corrected chi connectivity index (χ3v) is 4.31. The van der Waals surface area contributed by atoms with Crippen LogP contribution in [0.15, 0.2) is 12.4 Å². The summed E-state index contributed by atoms with van der Waals surface area (Å²) in [6.07, 6.45) is 9.57. The van der Waals surface area contributed by atoms with Crippen LogP contribution in [-0.2, 0) is 13.5 Å². The van der Waals surface area contributed by atoms with E-state index in [0.29, 0.717) is 0 Å². The molecule has 1 N–H and O–H groups in total. The van der Waals surface area contributed by atoms with Gasteiger partial charge in [0.1, 0.15) is 0 Å². The van der Waals surface area contributed by atoms with Crippen LogP contribution in [0.4, 0.5) is 0 Å². The molecule has 0 radical (unpaired) electrons. The number of rotatable bonds is 5. The fraction of sp³-hybridized carbons (Fsp3) is 0.800. The molecule has 3 heteroatoms. The van der Waals surface area contributed by atoms with E-state index in [4.69, 9.17) is 0 Å². The molecule has 1 aliphatic rings. The van der Waals surface area contributed by atoms with Gasteiger partial charge in [-0.05, 0) is 55.7 Å². The Bertz CT molecular complexity index is 356. The summed E-state index contributed by atoms with van der Waals surface area (Å²) >= 11 is 0. The van der Waals surface area contributed by atoms with E-state index in [0.717, 1.165) is 24.3 Å². The van der Waals surface area contributed by atoms with Gasteiger partial charge in [-0.25, -0.2) is 0 Å². The third-order valence-electron chi connectivity index (χ3n) is 4.31. The van der Waals surface area contributed by atoms with Gasteiger partial charge in [0, 0.05) is 13.2 Å². The lowest BCUT2D eigenvalue weighted by molar-refractivity contribution is 0.184. The number of hydrogen-bond acceptors (Lipinski definition) is 2. The molecule has 0 amide bonds. The summed E-state index contributed by atoms with van der Waals surface area (Å²) in [6.45, 7) is 6.88. The maximum atomic E-state index is 4.29. The fourth-order valence-electron chi connectivity index (χ4n) is 3.29. The molecule has 1 aliphatic carbocycles. The second kappa shape index (κ2) is 6.37. The van der Waals surface area contributed by atoms with Crippen molar-refractivity contribution in [3.05, 3.63) is 18.0 Å². The molecule has 3 atom stereocenters. The summed E-state index contributed by atoms with van der Waals surface area (Å²) < 4.78 is 1.92. The van der Waals surface area contributed by atoms with Crippen molar-refractivity contribution in [1.29, 1.82) is 0 Å². The van der Waals surface area contributed by atoms with Crippen LogP contribution in [0.2, 0.25) is 0 Å². The second-order valence-corrected chi connectivity index (χ2v) is 5.97. The molecule has 1 fully saturated rings. The Balaban J connectivity index is 1.96. The lowest BCUT2D eigenvalue weighted by Gasteiger charge is -2.35. The van der Waals surface area contributed by atoms with Gasteiger partial charge in [-0.3, -0.25) is 4.68 Å². The standard InChI is InChI=1S/C15H27N3/c1-4-16-10-14-6-5-12(2)7-15(14)8-13-9-17-18(3)11-13/h9,11-12,14-16H,4-8,10H2,1-3H3. The van der Waals surface area contributed by atoms with Crippen LogP contribution in [0.25, 0.3) is 0 Å². The van der Waals surface area contributed by atoms with Gasteiger partial charge >= 0.3 is 0 Å². The van der Waals surface area contributed by atoms with Gasteiger partial charge in [-0.2, -0.15) is 5.10 Å². The lowest BCUT2D eigenvalue weighted by Crippen LogP contribution is -2.33. The van der Waals surface area contributed by atoms with Crippen molar-refractivity contribution in [3.63, 3.8) is 0 Å². The first-order valence-electron chi connectivity index (χ1n) is 7.37. The summed E-state index contributed by atoms with van der Waals surface area (Å²) in [4.78, 5) is 0. The number of aryl methyl sites for hydroxylation is 1. The molecule has 102 valence electrons. The first-order chi connectivity index (χ1) is 8.69. The summed E-state index contributed by atoms with van der Waals surface area (Å²) in [5, 5.41) is 7.82. The predicted octanol–water partition coefficient (Wildman–Crippen LogP) is 2.62. The summed E-state index contributed by atoms with van der Waals surface area (Å²) in [6, 6.07) is 0. The van der Waals surface area contributed by atoms with E-state index < -0.39 is 0 Å². The Morgan fingerprint density at radius 3 is 2.89 bits per heavy atom. The van der Waals surface area contributed by atoms with E-state index in [1.807, 2.05) is 17.9 Å². The van der Waals surface area contributed by atoms with Crippen molar-refractivity contribution in [2.75, 3.05) is 13.1 Å². The van der Waals surface area contributed by atoms with E-state index in [2.05, 4.69) is 30.5 Å². The molecule has 1 heterocycles. The van der Waals surface area contributed by atoms with Gasteiger partial charge in [0.05, 0.1) is 6.20 Å². The van der Waals surface area contributed by atoms with Crippen molar-refractivity contribution in [1.82, 2.24) is 15.1 Å². The Hall–Kier alpha value is -0.830. The van der Waals surface area contributed by atoms with E-state index in [1.54, 1.807) is 0 Å². The number of nitrogens with zero attached hydrogens (tertiary/aromatic N) is 2. The average Bonchev–Trinajstić information content (AvgIpc) is 2.74. The molecular formula is C15H27N3. The Morgan fingerprint density at radius 1 is 1.39 bits per heavy atom. The first-order valence-corrected chi connectivity index (χ1v) is 7.37. The minimum absolute atomic E-state index is 0.831. The van der Waals surface area contributed by atoms with Crippen LogP contribution < -0.4 is 5.32 Å². The predicted molar refractivity (Wildman–Crippen MR) is 75.5 cm³/mol. The topological polar surface area (TPSA) is 29.9 Å². The van der Waals surface area contributed by atoms with Gasteiger partial charge < -0.3 is 5.32 Å². The molecule has 1 aromatic rings. The van der Waals surface area contributed by atoms with Gasteiger partial charge in [-0.1, -0.05) is 20.3 Å². The molecule has 0 spiro atoms. The molecule has 18 heavy (non-hydrogen) atoms. The van der Waals surface area contributed by atoms with E-state index in [-0.39, 0.29) is 0 Å². The van der Waals surface area contributed by atoms with Gasteiger partial charge in [-0.15, -0.1) is 0 Å². The number of hydrogen-bond donors (Lipinski definition) is 1. The number of aromatic nitrogens is 2. The molecule has 2 rings (SSSR count). The van der Waals surface area contributed by atoms with Gasteiger partial charge in [0.2, 0.25) is 0 Å². The highest BCUT2D eigenvalue weighted by atomic mass is 15.2. The zero-order chi connectivity index (χ0) is 13.0. The monoisotopic (exact) mass is 249 g/mol. The highest BCUT2D eigenvalue weighted by Gasteiger charge is 2.28. The van der Waals surface area contributed by atoms with Gasteiger partial charge in [0.25, 0.3) is 0 Å². The molecule has 0 aromatic carbocycles. The molecular weight excluding hydrogens is 222 g/mol. The lowest BCUT2D eigenvalue weighted by atomic mass is 9.72. The Kier molecular flexibility index (Phi) is 4.81. The molecule has 1 aromatic heterocycles. The average molecular weight is 249 g/mol. The van der Waals surface area contributed by atoms with Crippen LogP contribution in [0.3, 0.4) is 0 Å². The van der Waals surface area contributed by atoms with E-state index in [1.165, 1.54) is 37.8 Å². The zero-order valence-corrected chi connectivity index (χ0v) is 12.0. The molecule has 1 saturated carbocycles. The fourth-order valence-corrected chi connectivity index (χ4v) is 3.29. The third kappa shape index (κ3) is 3.58. The molecule has 3 unspecified atom stereocenters.